The van der Waals surface area contributed by atoms with E-state index in [4.69, 9.17) is 9.94 Å². The zero-order chi connectivity index (χ0) is 23.0. The summed E-state index contributed by atoms with van der Waals surface area (Å²) in [6.07, 6.45) is 4.89. The third-order valence-electron chi connectivity index (χ3n) is 5.95. The molecule has 172 valence electrons. The molecule has 0 bridgehead atoms. The van der Waals surface area contributed by atoms with Crippen LogP contribution in [-0.4, -0.2) is 52.6 Å². The zero-order valence-corrected chi connectivity index (χ0v) is 18.4. The van der Waals surface area contributed by atoms with E-state index in [1.54, 1.807) is 35.9 Å². The average Bonchev–Trinajstić information content (AvgIpc) is 2.88. The number of fused-ring (bicyclic) bond motifs is 1. The molecule has 1 aliphatic heterocycles. The average molecular weight is 449 g/mol. The molecule has 8 nitrogen and oxygen atoms in total. The number of likely N-dealkylation sites (tertiary alicyclic amines) is 1. The summed E-state index contributed by atoms with van der Waals surface area (Å²) in [6.45, 7) is 2.06. The van der Waals surface area contributed by atoms with Gasteiger partial charge in [-0.25, -0.2) is 5.48 Å². The number of hydrogen-bond acceptors (Lipinski definition) is 6. The number of para-hydroxylation sites is 1. The van der Waals surface area contributed by atoms with E-state index in [9.17, 15) is 9.59 Å². The summed E-state index contributed by atoms with van der Waals surface area (Å²) in [6, 6.07) is 16.1. The first-order valence-electron chi connectivity index (χ1n) is 11.2. The molecule has 1 aromatic heterocycles. The lowest BCUT2D eigenvalue weighted by atomic mass is 10.1. The molecular weight excluding hydrogens is 420 g/mol. The Morgan fingerprint density at radius 1 is 1.03 bits per heavy atom. The molecule has 8 heteroatoms. The molecule has 0 saturated carbocycles. The minimum Gasteiger partial charge on any atom is -0.489 e. The highest BCUT2D eigenvalue weighted by Crippen LogP contribution is 2.20. The number of nitrogens with zero attached hydrogens (tertiary/aromatic N) is 2. The molecule has 2 aromatic carbocycles. The number of aromatic nitrogens is 1. The highest BCUT2D eigenvalue weighted by atomic mass is 16.5. The Hall–Kier alpha value is -3.49. The van der Waals surface area contributed by atoms with Crippen LogP contribution in [0.5, 0.6) is 5.75 Å². The fraction of sp³-hybridized carbons (Fsp3) is 0.320. The van der Waals surface area contributed by atoms with Crippen molar-refractivity contribution in [1.29, 1.82) is 0 Å². The summed E-state index contributed by atoms with van der Waals surface area (Å²) in [5.41, 5.74) is 4.15. The van der Waals surface area contributed by atoms with Crippen molar-refractivity contribution in [1.82, 2.24) is 20.7 Å². The smallest absolute Gasteiger partial charge is 0.262 e. The fourth-order valence-corrected chi connectivity index (χ4v) is 4.13. The third-order valence-corrected chi connectivity index (χ3v) is 5.95. The van der Waals surface area contributed by atoms with Crippen molar-refractivity contribution in [3.63, 3.8) is 0 Å². The molecule has 4 rings (SSSR count). The number of ether oxygens (including phenoxy) is 1. The number of piperidine rings is 1. The number of hydroxylamine groups is 1. The van der Waals surface area contributed by atoms with Gasteiger partial charge in [-0.15, -0.1) is 0 Å². The zero-order valence-electron chi connectivity index (χ0n) is 18.4. The second-order valence-electron chi connectivity index (χ2n) is 8.10. The summed E-state index contributed by atoms with van der Waals surface area (Å²) in [4.78, 5) is 31.1. The number of rotatable bonds is 8. The molecule has 3 aromatic rings. The van der Waals surface area contributed by atoms with Gasteiger partial charge in [0.15, 0.2) is 0 Å². The summed E-state index contributed by atoms with van der Waals surface area (Å²) in [7, 11) is 0. The molecular formula is C25H28N4O4. The quantitative estimate of drug-likeness (QED) is 0.362. The number of hydrogen-bond donors (Lipinski definition) is 3. The summed E-state index contributed by atoms with van der Waals surface area (Å²) in [5.74, 6) is -0.141. The Morgan fingerprint density at radius 2 is 1.79 bits per heavy atom. The maximum Gasteiger partial charge on any atom is 0.262 e. The van der Waals surface area contributed by atoms with E-state index < -0.39 is 11.9 Å². The van der Waals surface area contributed by atoms with Crippen LogP contribution in [0.2, 0.25) is 0 Å². The van der Waals surface area contributed by atoms with E-state index in [0.29, 0.717) is 17.9 Å². The molecule has 3 N–H and O–H groups in total. The maximum absolute atomic E-state index is 12.6. The number of amides is 2. The lowest BCUT2D eigenvalue weighted by molar-refractivity contribution is -0.135. The molecule has 33 heavy (non-hydrogen) atoms. The molecule has 0 spiro atoms. The van der Waals surface area contributed by atoms with Gasteiger partial charge in [0.1, 0.15) is 18.4 Å². The molecule has 1 fully saturated rings. The van der Waals surface area contributed by atoms with E-state index >= 15 is 0 Å². The number of carbonyl (C=O) groups excluding carboxylic acids is 2. The van der Waals surface area contributed by atoms with Crippen molar-refractivity contribution in [3.05, 3.63) is 71.9 Å². The highest BCUT2D eigenvalue weighted by Gasteiger charge is 2.27. The van der Waals surface area contributed by atoms with Gasteiger partial charge < -0.3 is 10.1 Å². The first-order chi connectivity index (χ1) is 16.2. The normalized spacial score (nSPS) is 15.1. The van der Waals surface area contributed by atoms with E-state index in [2.05, 4.69) is 10.3 Å². The standard InChI is InChI=1S/C25H28N4O4/c30-24(27-16-23(25(31)28-32)29-14-4-1-5-15-29)18-8-10-20(11-9-18)33-17-19-12-13-26-22-7-3-2-6-21(19)22/h2-3,6-13,23,32H,1,4-5,14-17H2,(H,27,30)(H,28,31)/t23-/m0/s1. The van der Waals surface area contributed by atoms with Crippen LogP contribution in [0.25, 0.3) is 10.9 Å². The molecule has 0 aliphatic carbocycles. The van der Waals surface area contributed by atoms with Gasteiger partial charge in [-0.3, -0.25) is 24.7 Å². The second-order valence-corrected chi connectivity index (χ2v) is 8.10. The first kappa shape index (κ1) is 22.7. The van der Waals surface area contributed by atoms with Crippen LogP contribution < -0.4 is 15.5 Å². The Bertz CT molecular complexity index is 1090. The van der Waals surface area contributed by atoms with Gasteiger partial charge in [0.2, 0.25) is 0 Å². The third kappa shape index (κ3) is 5.66. The number of nitrogens with one attached hydrogen (secondary N) is 2. The van der Waals surface area contributed by atoms with Crippen LogP contribution in [0, 0.1) is 0 Å². The van der Waals surface area contributed by atoms with Gasteiger partial charge in [0.25, 0.3) is 11.8 Å². The van der Waals surface area contributed by atoms with Gasteiger partial charge in [0.05, 0.1) is 5.52 Å². The van der Waals surface area contributed by atoms with Crippen LogP contribution in [0.3, 0.4) is 0 Å². The molecule has 1 aliphatic rings. The van der Waals surface area contributed by atoms with Crippen molar-refractivity contribution >= 4 is 22.7 Å². The lowest BCUT2D eigenvalue weighted by Crippen LogP contribution is -2.53. The Morgan fingerprint density at radius 3 is 2.55 bits per heavy atom. The minimum atomic E-state index is -0.600. The fourth-order valence-electron chi connectivity index (χ4n) is 4.13. The topological polar surface area (TPSA) is 104 Å². The number of pyridine rings is 1. The monoisotopic (exact) mass is 448 g/mol. The molecule has 1 atom stereocenters. The SMILES string of the molecule is O=C(NC[C@@H](C(=O)NO)N1CCCCC1)c1ccc(OCc2ccnc3ccccc23)cc1. The van der Waals surface area contributed by atoms with Crippen LogP contribution >= 0.6 is 0 Å². The van der Waals surface area contributed by atoms with Crippen LogP contribution in [-0.2, 0) is 11.4 Å². The van der Waals surface area contributed by atoms with Gasteiger partial charge in [0, 0.05) is 29.3 Å². The van der Waals surface area contributed by atoms with Gasteiger partial charge in [-0.2, -0.15) is 0 Å². The van der Waals surface area contributed by atoms with Gasteiger partial charge >= 0.3 is 0 Å². The molecule has 2 heterocycles. The molecule has 1 saturated heterocycles. The molecule has 2 amide bonds. The minimum absolute atomic E-state index is 0.124. The Kier molecular flexibility index (Phi) is 7.49. The largest absolute Gasteiger partial charge is 0.489 e. The van der Waals surface area contributed by atoms with Crippen LogP contribution in [0.4, 0.5) is 0 Å². The predicted octanol–water partition coefficient (Wildman–Crippen LogP) is 2.90. The van der Waals surface area contributed by atoms with E-state index in [1.165, 1.54) is 0 Å². The van der Waals surface area contributed by atoms with E-state index in [1.807, 2.05) is 35.2 Å². The summed E-state index contributed by atoms with van der Waals surface area (Å²) < 4.78 is 5.91. The highest BCUT2D eigenvalue weighted by molar-refractivity contribution is 5.94. The van der Waals surface area contributed by atoms with Gasteiger partial charge in [-0.05, 0) is 62.3 Å². The van der Waals surface area contributed by atoms with E-state index in [-0.39, 0.29) is 12.5 Å². The van der Waals surface area contributed by atoms with Crippen molar-refractivity contribution in [3.8, 4) is 5.75 Å². The van der Waals surface area contributed by atoms with Gasteiger partial charge in [-0.1, -0.05) is 24.6 Å². The summed E-state index contributed by atoms with van der Waals surface area (Å²) in [5, 5.41) is 12.9. The number of benzene rings is 2. The molecule has 0 unspecified atom stereocenters. The maximum atomic E-state index is 12.6. The second kappa shape index (κ2) is 10.9. The van der Waals surface area contributed by atoms with E-state index in [0.717, 1.165) is 48.8 Å². The number of carbonyl (C=O) groups is 2. The van der Waals surface area contributed by atoms with Crippen molar-refractivity contribution in [2.75, 3.05) is 19.6 Å². The van der Waals surface area contributed by atoms with Crippen LogP contribution in [0.1, 0.15) is 35.2 Å². The van der Waals surface area contributed by atoms with Crippen LogP contribution in [0.15, 0.2) is 60.8 Å². The first-order valence-corrected chi connectivity index (χ1v) is 11.2. The lowest BCUT2D eigenvalue weighted by Gasteiger charge is -2.33. The summed E-state index contributed by atoms with van der Waals surface area (Å²) >= 11 is 0. The van der Waals surface area contributed by atoms with Crippen molar-refractivity contribution in [2.24, 2.45) is 0 Å². The predicted molar refractivity (Wildman–Crippen MR) is 124 cm³/mol. The Balaban J connectivity index is 1.34. The Labute approximate surface area is 192 Å². The van der Waals surface area contributed by atoms with Crippen molar-refractivity contribution in [2.45, 2.75) is 31.9 Å². The van der Waals surface area contributed by atoms with Crippen molar-refractivity contribution < 1.29 is 19.5 Å². The molecule has 0 radical (unpaired) electrons.